The van der Waals surface area contributed by atoms with Crippen molar-refractivity contribution in [1.29, 1.82) is 0 Å². The number of sulfone groups is 1. The number of nitrogens with zero attached hydrogens (tertiary/aromatic N) is 2. The summed E-state index contributed by atoms with van der Waals surface area (Å²) in [6.07, 6.45) is 0.477. The third-order valence-corrected chi connectivity index (χ3v) is 8.51. The number of aryl methyl sites for hydroxylation is 1. The number of para-hydroxylation sites is 2. The Labute approximate surface area is 200 Å². The fourth-order valence-corrected chi connectivity index (χ4v) is 6.51. The minimum Gasteiger partial charge on any atom is -0.491 e. The van der Waals surface area contributed by atoms with Crippen LogP contribution in [0.15, 0.2) is 36.4 Å². The molecule has 1 aromatic heterocycles. The van der Waals surface area contributed by atoms with Gasteiger partial charge in [-0.3, -0.25) is 0 Å². The summed E-state index contributed by atoms with van der Waals surface area (Å²) in [6, 6.07) is 11.6. The van der Waals surface area contributed by atoms with Crippen molar-refractivity contribution in [3.05, 3.63) is 58.4 Å². The van der Waals surface area contributed by atoms with Gasteiger partial charge in [-0.05, 0) is 60.6 Å². The number of ether oxygens (including phenoxy) is 1. The summed E-state index contributed by atoms with van der Waals surface area (Å²) in [6.45, 7) is 6.54. The molecule has 0 aliphatic carbocycles. The average molecular weight is 491 g/mol. The lowest BCUT2D eigenvalue weighted by molar-refractivity contribution is 0.0919. The Morgan fingerprint density at radius 1 is 1.27 bits per heavy atom. The van der Waals surface area contributed by atoms with Crippen LogP contribution in [0, 0.1) is 12.8 Å². The van der Waals surface area contributed by atoms with E-state index in [1.54, 1.807) is 0 Å². The Morgan fingerprint density at radius 2 is 2.03 bits per heavy atom. The number of aliphatic hydroxyl groups is 1. The number of hydrogen-bond donors (Lipinski definition) is 1. The zero-order chi connectivity index (χ0) is 23.8. The van der Waals surface area contributed by atoms with E-state index in [0.717, 1.165) is 33.7 Å². The molecular weight excluding hydrogens is 460 g/mol. The first kappa shape index (κ1) is 24.0. The molecule has 1 aliphatic rings. The Morgan fingerprint density at radius 3 is 2.73 bits per heavy atom. The van der Waals surface area contributed by atoms with Gasteiger partial charge in [0, 0.05) is 11.4 Å². The topological polar surface area (TPSA) is 81.4 Å². The van der Waals surface area contributed by atoms with Crippen molar-refractivity contribution < 1.29 is 18.3 Å². The van der Waals surface area contributed by atoms with E-state index in [9.17, 15) is 13.5 Å². The second kappa shape index (κ2) is 9.65. The molecule has 0 saturated carbocycles. The van der Waals surface area contributed by atoms with E-state index in [1.807, 2.05) is 47.9 Å². The smallest absolute Gasteiger partial charge is 0.150 e. The number of halogens is 1. The minimum absolute atomic E-state index is 0.0598. The first-order valence-corrected chi connectivity index (χ1v) is 13.6. The lowest BCUT2D eigenvalue weighted by Crippen LogP contribution is -2.25. The van der Waals surface area contributed by atoms with Gasteiger partial charge < -0.3 is 14.4 Å². The molecule has 1 aliphatic heterocycles. The standard InChI is InChI=1S/C25H31ClN2O4S/c1-16(2)20-12-21(26)17(3)10-24(20)32-14-19(29)13-28-23-7-5-4-6-22(23)27-25(28)11-18-8-9-33(30,31)15-18/h4-7,10,12,16,18-19,29H,8-9,11,13-15H2,1-3H3. The van der Waals surface area contributed by atoms with Crippen LogP contribution in [-0.4, -0.2) is 47.3 Å². The lowest BCUT2D eigenvalue weighted by Gasteiger charge is -2.19. The Balaban J connectivity index is 1.52. The third kappa shape index (κ3) is 5.53. The lowest BCUT2D eigenvalue weighted by atomic mass is 10.0. The van der Waals surface area contributed by atoms with E-state index in [1.165, 1.54) is 0 Å². The van der Waals surface area contributed by atoms with Crippen LogP contribution in [0.25, 0.3) is 11.0 Å². The molecule has 0 spiro atoms. The predicted molar refractivity (Wildman–Crippen MR) is 132 cm³/mol. The van der Waals surface area contributed by atoms with Crippen LogP contribution >= 0.6 is 11.6 Å². The van der Waals surface area contributed by atoms with Gasteiger partial charge in [0.25, 0.3) is 0 Å². The number of aromatic nitrogens is 2. The van der Waals surface area contributed by atoms with Crippen LogP contribution in [0.4, 0.5) is 0 Å². The number of aliphatic hydroxyl groups excluding tert-OH is 1. The SMILES string of the molecule is Cc1cc(OCC(O)Cn2c(CC3CCS(=O)(=O)C3)nc3ccccc32)c(C(C)C)cc1Cl. The van der Waals surface area contributed by atoms with Crippen molar-refractivity contribution in [2.24, 2.45) is 5.92 Å². The monoisotopic (exact) mass is 490 g/mol. The van der Waals surface area contributed by atoms with Crippen LogP contribution in [0.3, 0.4) is 0 Å². The molecule has 2 heterocycles. The maximum absolute atomic E-state index is 11.9. The van der Waals surface area contributed by atoms with Gasteiger partial charge in [0.05, 0.1) is 29.1 Å². The fraction of sp³-hybridized carbons (Fsp3) is 0.480. The molecular formula is C25H31ClN2O4S. The van der Waals surface area contributed by atoms with E-state index < -0.39 is 15.9 Å². The number of hydrogen-bond acceptors (Lipinski definition) is 5. The molecule has 3 aromatic rings. The fourth-order valence-electron chi connectivity index (χ4n) is 4.47. The van der Waals surface area contributed by atoms with Gasteiger partial charge in [-0.2, -0.15) is 0 Å². The van der Waals surface area contributed by atoms with Crippen molar-refractivity contribution in [3.8, 4) is 5.75 Å². The molecule has 33 heavy (non-hydrogen) atoms. The second-order valence-corrected chi connectivity index (χ2v) is 12.0. The van der Waals surface area contributed by atoms with Crippen molar-refractivity contribution in [1.82, 2.24) is 9.55 Å². The predicted octanol–water partition coefficient (Wildman–Crippen LogP) is 4.54. The van der Waals surface area contributed by atoms with Gasteiger partial charge in [0.2, 0.25) is 0 Å². The molecule has 6 nitrogen and oxygen atoms in total. The van der Waals surface area contributed by atoms with Gasteiger partial charge in [0.1, 0.15) is 24.3 Å². The molecule has 1 saturated heterocycles. The zero-order valence-electron chi connectivity index (χ0n) is 19.3. The molecule has 8 heteroatoms. The molecule has 2 aromatic carbocycles. The second-order valence-electron chi connectivity index (χ2n) is 9.36. The molecule has 2 atom stereocenters. The molecule has 0 bridgehead atoms. The molecule has 178 valence electrons. The van der Waals surface area contributed by atoms with E-state index >= 15 is 0 Å². The highest BCUT2D eigenvalue weighted by Crippen LogP contribution is 2.32. The van der Waals surface area contributed by atoms with Crippen LogP contribution in [-0.2, 0) is 22.8 Å². The summed E-state index contributed by atoms with van der Waals surface area (Å²) in [7, 11) is -2.95. The zero-order valence-corrected chi connectivity index (χ0v) is 20.9. The summed E-state index contributed by atoms with van der Waals surface area (Å²) >= 11 is 6.29. The van der Waals surface area contributed by atoms with Gasteiger partial charge in [-0.1, -0.05) is 37.6 Å². The minimum atomic E-state index is -2.95. The van der Waals surface area contributed by atoms with E-state index in [0.29, 0.717) is 24.4 Å². The van der Waals surface area contributed by atoms with Crippen LogP contribution in [0.1, 0.15) is 43.1 Å². The number of rotatable bonds is 8. The summed E-state index contributed by atoms with van der Waals surface area (Å²) in [5.41, 5.74) is 3.71. The Bertz CT molecular complexity index is 1250. The largest absolute Gasteiger partial charge is 0.491 e. The van der Waals surface area contributed by atoms with Gasteiger partial charge in [-0.25, -0.2) is 13.4 Å². The summed E-state index contributed by atoms with van der Waals surface area (Å²) in [5.74, 6) is 2.29. The highest BCUT2D eigenvalue weighted by Gasteiger charge is 2.29. The Kier molecular flexibility index (Phi) is 7.03. The van der Waals surface area contributed by atoms with E-state index in [2.05, 4.69) is 13.8 Å². The third-order valence-electron chi connectivity index (χ3n) is 6.27. The first-order valence-electron chi connectivity index (χ1n) is 11.4. The van der Waals surface area contributed by atoms with Crippen molar-refractivity contribution in [2.45, 2.75) is 52.2 Å². The van der Waals surface area contributed by atoms with Crippen LogP contribution in [0.2, 0.25) is 5.02 Å². The summed E-state index contributed by atoms with van der Waals surface area (Å²) < 4.78 is 31.9. The highest BCUT2D eigenvalue weighted by molar-refractivity contribution is 7.91. The van der Waals surface area contributed by atoms with E-state index in [4.69, 9.17) is 21.3 Å². The molecule has 0 radical (unpaired) electrons. The number of benzene rings is 2. The van der Waals surface area contributed by atoms with Crippen molar-refractivity contribution in [3.63, 3.8) is 0 Å². The highest BCUT2D eigenvalue weighted by atomic mass is 35.5. The van der Waals surface area contributed by atoms with Crippen LogP contribution < -0.4 is 4.74 Å². The van der Waals surface area contributed by atoms with Crippen molar-refractivity contribution in [2.75, 3.05) is 18.1 Å². The first-order chi connectivity index (χ1) is 15.6. The van der Waals surface area contributed by atoms with Gasteiger partial charge >= 0.3 is 0 Å². The number of fused-ring (bicyclic) bond motifs is 1. The maximum Gasteiger partial charge on any atom is 0.150 e. The quantitative estimate of drug-likeness (QED) is 0.501. The van der Waals surface area contributed by atoms with Gasteiger partial charge in [-0.15, -0.1) is 0 Å². The average Bonchev–Trinajstić information content (AvgIpc) is 3.27. The molecule has 1 fully saturated rings. The summed E-state index contributed by atoms with van der Waals surface area (Å²) in [5, 5.41) is 11.6. The molecule has 2 unspecified atom stereocenters. The summed E-state index contributed by atoms with van der Waals surface area (Å²) in [4.78, 5) is 4.76. The van der Waals surface area contributed by atoms with E-state index in [-0.39, 0.29) is 29.9 Å². The van der Waals surface area contributed by atoms with Gasteiger partial charge in [0.15, 0.2) is 9.84 Å². The maximum atomic E-state index is 11.9. The van der Waals surface area contributed by atoms with Crippen LogP contribution in [0.5, 0.6) is 5.75 Å². The van der Waals surface area contributed by atoms with Crippen molar-refractivity contribution >= 4 is 32.5 Å². The Hall–Kier alpha value is -2.09. The normalized spacial score (nSPS) is 18.8. The molecule has 0 amide bonds. The molecule has 1 N–H and O–H groups in total. The molecule has 4 rings (SSSR count). The number of imidazole rings is 1.